The number of ether oxygens (including phenoxy) is 1. The lowest BCUT2D eigenvalue weighted by molar-refractivity contribution is -0.137. The molecule has 2 N–H and O–H groups in total. The number of benzene rings is 1. The van der Waals surface area contributed by atoms with Crippen LogP contribution in [0.2, 0.25) is 0 Å². The predicted molar refractivity (Wildman–Crippen MR) is 68.2 cm³/mol. The van der Waals surface area contributed by atoms with Gasteiger partial charge in [-0.05, 0) is 30.5 Å². The van der Waals surface area contributed by atoms with Gasteiger partial charge in [0.25, 0.3) is 0 Å². The van der Waals surface area contributed by atoms with Gasteiger partial charge in [-0.2, -0.15) is 13.2 Å². The van der Waals surface area contributed by atoms with Crippen molar-refractivity contribution >= 4 is 0 Å². The van der Waals surface area contributed by atoms with Crippen LogP contribution in [0.5, 0.6) is 0 Å². The molecule has 2 unspecified atom stereocenters. The minimum absolute atomic E-state index is 0.0786. The summed E-state index contributed by atoms with van der Waals surface area (Å²) in [5, 5.41) is 12.4. The van der Waals surface area contributed by atoms with E-state index < -0.39 is 17.8 Å². The summed E-state index contributed by atoms with van der Waals surface area (Å²) in [6.07, 6.45) is -2.35. The molecule has 1 heterocycles. The molecule has 1 aliphatic heterocycles. The molecule has 6 heteroatoms. The van der Waals surface area contributed by atoms with E-state index in [1.807, 2.05) is 0 Å². The molecular weight excluding hydrogens is 271 g/mol. The summed E-state index contributed by atoms with van der Waals surface area (Å²) in [6.45, 7) is 0.995. The van der Waals surface area contributed by atoms with E-state index in [1.54, 1.807) is 6.07 Å². The molecule has 3 nitrogen and oxygen atoms in total. The van der Waals surface area contributed by atoms with Crippen molar-refractivity contribution in [1.29, 1.82) is 0 Å². The number of rotatable bonds is 5. The average Bonchev–Trinajstić information content (AvgIpc) is 2.92. The SMILES string of the molecule is OCC(NCC1CCCO1)c1cccc(C(F)(F)F)c1. The molecule has 2 rings (SSSR count). The molecule has 1 fully saturated rings. The van der Waals surface area contributed by atoms with Gasteiger partial charge in [0.1, 0.15) is 0 Å². The van der Waals surface area contributed by atoms with Gasteiger partial charge in [0.05, 0.1) is 24.3 Å². The lowest BCUT2D eigenvalue weighted by Gasteiger charge is -2.20. The van der Waals surface area contributed by atoms with Crippen LogP contribution in [0.4, 0.5) is 13.2 Å². The first-order valence-electron chi connectivity index (χ1n) is 6.63. The molecule has 0 saturated carbocycles. The summed E-state index contributed by atoms with van der Waals surface area (Å²) in [5.41, 5.74) is -0.271. The van der Waals surface area contributed by atoms with Gasteiger partial charge in [-0.25, -0.2) is 0 Å². The van der Waals surface area contributed by atoms with E-state index in [0.717, 1.165) is 31.6 Å². The Morgan fingerprint density at radius 3 is 2.80 bits per heavy atom. The van der Waals surface area contributed by atoms with E-state index in [1.165, 1.54) is 6.07 Å². The number of alkyl halides is 3. The molecule has 0 bridgehead atoms. The maximum atomic E-state index is 12.7. The molecule has 1 saturated heterocycles. The molecular formula is C14H18F3NO2. The summed E-state index contributed by atoms with van der Waals surface area (Å²) in [5.74, 6) is 0. The fourth-order valence-corrected chi connectivity index (χ4v) is 2.30. The fourth-order valence-electron chi connectivity index (χ4n) is 2.30. The van der Waals surface area contributed by atoms with Crippen LogP contribution in [0.25, 0.3) is 0 Å². The number of hydrogen-bond acceptors (Lipinski definition) is 3. The van der Waals surface area contributed by atoms with Gasteiger partial charge in [0, 0.05) is 13.2 Å². The average molecular weight is 289 g/mol. The van der Waals surface area contributed by atoms with Crippen LogP contribution in [-0.4, -0.2) is 31.0 Å². The summed E-state index contributed by atoms with van der Waals surface area (Å²) >= 11 is 0. The molecule has 20 heavy (non-hydrogen) atoms. The van der Waals surface area contributed by atoms with Gasteiger partial charge in [-0.1, -0.05) is 12.1 Å². The van der Waals surface area contributed by atoms with Crippen molar-refractivity contribution in [2.45, 2.75) is 31.2 Å². The summed E-state index contributed by atoms with van der Waals surface area (Å²) in [4.78, 5) is 0. The predicted octanol–water partition coefficient (Wildman–Crippen LogP) is 2.51. The normalized spacial score (nSPS) is 21.1. The van der Waals surface area contributed by atoms with Crippen LogP contribution >= 0.6 is 0 Å². The fraction of sp³-hybridized carbons (Fsp3) is 0.571. The second-order valence-corrected chi connectivity index (χ2v) is 4.90. The quantitative estimate of drug-likeness (QED) is 0.875. The van der Waals surface area contributed by atoms with E-state index in [2.05, 4.69) is 5.32 Å². The minimum atomic E-state index is -4.37. The Balaban J connectivity index is 2.02. The Kier molecular flexibility index (Phi) is 5.01. The van der Waals surface area contributed by atoms with Crippen LogP contribution < -0.4 is 5.32 Å². The van der Waals surface area contributed by atoms with Crippen LogP contribution in [0.3, 0.4) is 0 Å². The maximum Gasteiger partial charge on any atom is 0.416 e. The van der Waals surface area contributed by atoms with Gasteiger partial charge in [-0.15, -0.1) is 0 Å². The Hall–Kier alpha value is -1.11. The maximum absolute atomic E-state index is 12.7. The first-order valence-corrected chi connectivity index (χ1v) is 6.63. The van der Waals surface area contributed by atoms with Gasteiger partial charge in [0.2, 0.25) is 0 Å². The zero-order chi connectivity index (χ0) is 14.6. The largest absolute Gasteiger partial charge is 0.416 e. The van der Waals surface area contributed by atoms with Gasteiger partial charge in [0.15, 0.2) is 0 Å². The number of halogens is 3. The van der Waals surface area contributed by atoms with Crippen molar-refractivity contribution in [2.75, 3.05) is 19.8 Å². The first kappa shape index (κ1) is 15.3. The third kappa shape index (κ3) is 3.94. The summed E-state index contributed by atoms with van der Waals surface area (Å²) in [7, 11) is 0. The van der Waals surface area contributed by atoms with Gasteiger partial charge < -0.3 is 15.2 Å². The summed E-state index contributed by atoms with van der Waals surface area (Å²) in [6, 6.07) is 4.52. The van der Waals surface area contributed by atoms with E-state index in [4.69, 9.17) is 4.74 Å². The summed E-state index contributed by atoms with van der Waals surface area (Å²) < 4.78 is 43.4. The zero-order valence-electron chi connectivity index (χ0n) is 11.0. The number of hydrogen-bond donors (Lipinski definition) is 2. The first-order chi connectivity index (χ1) is 9.50. The van der Waals surface area contributed by atoms with Crippen LogP contribution in [0.1, 0.15) is 30.0 Å². The Bertz CT molecular complexity index is 431. The Labute approximate surface area is 115 Å². The van der Waals surface area contributed by atoms with Crippen molar-refractivity contribution in [3.8, 4) is 0 Å². The third-order valence-electron chi connectivity index (χ3n) is 3.41. The van der Waals surface area contributed by atoms with E-state index in [9.17, 15) is 18.3 Å². The second-order valence-electron chi connectivity index (χ2n) is 4.90. The van der Waals surface area contributed by atoms with Crippen molar-refractivity contribution in [2.24, 2.45) is 0 Å². The third-order valence-corrected chi connectivity index (χ3v) is 3.41. The zero-order valence-corrected chi connectivity index (χ0v) is 11.0. The lowest BCUT2D eigenvalue weighted by Crippen LogP contribution is -2.32. The van der Waals surface area contributed by atoms with E-state index in [0.29, 0.717) is 12.1 Å². The molecule has 1 aromatic rings. The van der Waals surface area contributed by atoms with Crippen molar-refractivity contribution in [1.82, 2.24) is 5.32 Å². The van der Waals surface area contributed by atoms with Crippen LogP contribution in [0, 0.1) is 0 Å². The van der Waals surface area contributed by atoms with Crippen molar-refractivity contribution in [3.63, 3.8) is 0 Å². The Morgan fingerprint density at radius 1 is 1.40 bits per heavy atom. The van der Waals surface area contributed by atoms with Crippen molar-refractivity contribution in [3.05, 3.63) is 35.4 Å². The highest BCUT2D eigenvalue weighted by molar-refractivity contribution is 5.28. The highest BCUT2D eigenvalue weighted by Crippen LogP contribution is 2.30. The second kappa shape index (κ2) is 6.56. The Morgan fingerprint density at radius 2 is 2.20 bits per heavy atom. The topological polar surface area (TPSA) is 41.5 Å². The van der Waals surface area contributed by atoms with Crippen LogP contribution in [0.15, 0.2) is 24.3 Å². The minimum Gasteiger partial charge on any atom is -0.394 e. The highest BCUT2D eigenvalue weighted by Gasteiger charge is 2.31. The molecule has 0 spiro atoms. The standard InChI is InChI=1S/C14H18F3NO2/c15-14(16,17)11-4-1-3-10(7-11)13(9-19)18-8-12-5-2-6-20-12/h1,3-4,7,12-13,18-19H,2,5-6,8-9H2. The number of aliphatic hydroxyl groups is 1. The molecule has 1 aliphatic rings. The lowest BCUT2D eigenvalue weighted by atomic mass is 10.0. The van der Waals surface area contributed by atoms with Crippen LogP contribution in [-0.2, 0) is 10.9 Å². The van der Waals surface area contributed by atoms with Gasteiger partial charge in [-0.3, -0.25) is 0 Å². The van der Waals surface area contributed by atoms with E-state index in [-0.39, 0.29) is 12.7 Å². The monoisotopic (exact) mass is 289 g/mol. The van der Waals surface area contributed by atoms with E-state index >= 15 is 0 Å². The molecule has 2 atom stereocenters. The molecule has 0 radical (unpaired) electrons. The molecule has 1 aromatic carbocycles. The smallest absolute Gasteiger partial charge is 0.394 e. The molecule has 0 amide bonds. The molecule has 0 aromatic heterocycles. The number of nitrogens with one attached hydrogen (secondary N) is 1. The van der Waals surface area contributed by atoms with Gasteiger partial charge >= 0.3 is 6.18 Å². The highest BCUT2D eigenvalue weighted by atomic mass is 19.4. The molecule has 112 valence electrons. The van der Waals surface area contributed by atoms with Crippen molar-refractivity contribution < 1.29 is 23.0 Å². The molecule has 0 aliphatic carbocycles. The number of aliphatic hydroxyl groups excluding tert-OH is 1.